The summed E-state index contributed by atoms with van der Waals surface area (Å²) in [7, 11) is 0. The summed E-state index contributed by atoms with van der Waals surface area (Å²) < 4.78 is 39.4. The standard InChI is InChI=1S/C22H21F3N6O/c1-13(9-26)8-19(32)16-4-6-17(7-5-16)20-14(2)10-27-21(30-20)29-18-11-28-31(12-18)15(3)22(23,24)25/h4-7,10-13,15H,8H2,1-3H3,(H,27,29,30)/t13-,15-/m1/s1. The van der Waals surface area contributed by atoms with Gasteiger partial charge in [0.05, 0.1) is 29.6 Å². The Hall–Kier alpha value is -3.74. The van der Waals surface area contributed by atoms with Gasteiger partial charge in [-0.15, -0.1) is 0 Å². The summed E-state index contributed by atoms with van der Waals surface area (Å²) in [5, 5.41) is 15.5. The quantitative estimate of drug-likeness (QED) is 0.502. The second-order valence-corrected chi connectivity index (χ2v) is 7.51. The van der Waals surface area contributed by atoms with E-state index in [0.29, 0.717) is 16.9 Å². The van der Waals surface area contributed by atoms with E-state index in [1.165, 1.54) is 12.4 Å². The molecule has 1 N–H and O–H groups in total. The van der Waals surface area contributed by atoms with Crippen molar-refractivity contribution in [2.24, 2.45) is 5.92 Å². The first kappa shape index (κ1) is 22.9. The molecule has 2 heterocycles. The Kier molecular flexibility index (Phi) is 6.58. The minimum atomic E-state index is -4.41. The highest BCUT2D eigenvalue weighted by atomic mass is 19.4. The molecule has 3 aromatic rings. The van der Waals surface area contributed by atoms with Crippen LogP contribution in [0, 0.1) is 24.2 Å². The summed E-state index contributed by atoms with van der Waals surface area (Å²) in [4.78, 5) is 20.9. The first-order chi connectivity index (χ1) is 15.1. The number of hydrogen-bond donors (Lipinski definition) is 1. The van der Waals surface area contributed by atoms with Crippen molar-refractivity contribution in [1.82, 2.24) is 19.7 Å². The number of nitrogens with zero attached hydrogens (tertiary/aromatic N) is 5. The maximum atomic E-state index is 12.9. The highest BCUT2D eigenvalue weighted by Gasteiger charge is 2.38. The SMILES string of the molecule is Cc1cnc(Nc2cnn([C@H](C)C(F)(F)F)c2)nc1-c1ccc(C(=O)C[C@@H](C)C#N)cc1. The fraction of sp³-hybridized carbons (Fsp3) is 0.318. The molecule has 10 heteroatoms. The summed E-state index contributed by atoms with van der Waals surface area (Å²) in [6.07, 6.45) is -0.146. The molecule has 7 nitrogen and oxygen atoms in total. The van der Waals surface area contributed by atoms with Gasteiger partial charge in [0.1, 0.15) is 6.04 Å². The smallest absolute Gasteiger partial charge is 0.321 e. The zero-order chi connectivity index (χ0) is 23.5. The summed E-state index contributed by atoms with van der Waals surface area (Å²) in [5.74, 6) is -0.270. The van der Waals surface area contributed by atoms with Crippen LogP contribution in [0.15, 0.2) is 42.9 Å². The molecule has 0 bridgehead atoms. The number of aromatic nitrogens is 4. The van der Waals surface area contributed by atoms with E-state index in [0.717, 1.165) is 22.7 Å². The molecule has 0 amide bonds. The normalized spacial score (nSPS) is 13.3. The van der Waals surface area contributed by atoms with Crippen molar-refractivity contribution in [3.8, 4) is 17.3 Å². The molecule has 0 aliphatic carbocycles. The Labute approximate surface area is 182 Å². The van der Waals surface area contributed by atoms with Gasteiger partial charge in [-0.2, -0.15) is 23.5 Å². The molecule has 166 valence electrons. The summed E-state index contributed by atoms with van der Waals surface area (Å²) >= 11 is 0. The summed E-state index contributed by atoms with van der Waals surface area (Å²) in [6, 6.07) is 7.16. The van der Waals surface area contributed by atoms with Gasteiger partial charge in [-0.25, -0.2) is 9.97 Å². The second kappa shape index (κ2) is 9.18. The third kappa shape index (κ3) is 5.29. The number of Topliss-reactive ketones (excluding diaryl/α,β-unsaturated/α-hetero) is 1. The maximum Gasteiger partial charge on any atom is 0.410 e. The molecular weight excluding hydrogens is 421 g/mol. The molecule has 32 heavy (non-hydrogen) atoms. The van der Waals surface area contributed by atoms with Crippen molar-refractivity contribution in [1.29, 1.82) is 5.26 Å². The molecule has 0 spiro atoms. The zero-order valence-electron chi connectivity index (χ0n) is 17.7. The number of carbonyl (C=O) groups excluding carboxylic acids is 1. The second-order valence-electron chi connectivity index (χ2n) is 7.51. The largest absolute Gasteiger partial charge is 0.410 e. The van der Waals surface area contributed by atoms with E-state index < -0.39 is 12.2 Å². The Morgan fingerprint density at radius 2 is 1.91 bits per heavy atom. The van der Waals surface area contributed by atoms with Gasteiger partial charge in [0, 0.05) is 29.9 Å². The van der Waals surface area contributed by atoms with E-state index in [1.807, 2.05) is 13.0 Å². The van der Waals surface area contributed by atoms with Gasteiger partial charge in [0.15, 0.2) is 5.78 Å². The topological polar surface area (TPSA) is 96.5 Å². The fourth-order valence-corrected chi connectivity index (χ4v) is 2.94. The lowest BCUT2D eigenvalue weighted by atomic mass is 9.99. The van der Waals surface area contributed by atoms with Crippen LogP contribution >= 0.6 is 0 Å². The lowest BCUT2D eigenvalue weighted by Gasteiger charge is -2.15. The number of halogens is 3. The molecule has 0 aliphatic heterocycles. The Morgan fingerprint density at radius 1 is 1.22 bits per heavy atom. The Morgan fingerprint density at radius 3 is 2.53 bits per heavy atom. The maximum absolute atomic E-state index is 12.9. The number of alkyl halides is 3. The van der Waals surface area contributed by atoms with Gasteiger partial charge in [-0.05, 0) is 26.3 Å². The van der Waals surface area contributed by atoms with Crippen LogP contribution in [0.1, 0.15) is 42.2 Å². The summed E-state index contributed by atoms with van der Waals surface area (Å²) in [5.41, 5.74) is 2.98. The van der Waals surface area contributed by atoms with E-state index in [1.54, 1.807) is 37.4 Å². The Balaban J connectivity index is 1.79. The molecule has 0 radical (unpaired) electrons. The first-order valence-electron chi connectivity index (χ1n) is 9.83. The predicted molar refractivity (Wildman–Crippen MR) is 112 cm³/mol. The molecule has 0 fully saturated rings. The van der Waals surface area contributed by atoms with Crippen molar-refractivity contribution in [3.63, 3.8) is 0 Å². The van der Waals surface area contributed by atoms with Crippen molar-refractivity contribution in [3.05, 3.63) is 54.0 Å². The highest BCUT2D eigenvalue weighted by molar-refractivity contribution is 5.96. The van der Waals surface area contributed by atoms with Gasteiger partial charge in [0.25, 0.3) is 0 Å². The van der Waals surface area contributed by atoms with Crippen LogP contribution in [0.5, 0.6) is 0 Å². The summed E-state index contributed by atoms with van der Waals surface area (Å²) in [6.45, 7) is 4.54. The van der Waals surface area contributed by atoms with Gasteiger partial charge >= 0.3 is 6.18 Å². The molecule has 2 atom stereocenters. The number of carbonyl (C=O) groups is 1. The van der Waals surface area contributed by atoms with Crippen LogP contribution in [0.3, 0.4) is 0 Å². The van der Waals surface area contributed by atoms with Crippen molar-refractivity contribution in [2.45, 2.75) is 39.4 Å². The van der Waals surface area contributed by atoms with Crippen LogP contribution in [-0.4, -0.2) is 31.7 Å². The monoisotopic (exact) mass is 442 g/mol. The predicted octanol–water partition coefficient (Wildman–Crippen LogP) is 5.25. The number of nitriles is 1. The zero-order valence-corrected chi connectivity index (χ0v) is 17.7. The minimum absolute atomic E-state index is 0.113. The minimum Gasteiger partial charge on any atom is -0.321 e. The molecule has 0 saturated carbocycles. The number of nitrogens with one attached hydrogen (secondary N) is 1. The third-order valence-electron chi connectivity index (χ3n) is 4.89. The molecule has 1 aromatic carbocycles. The molecular formula is C22H21F3N6O. The van der Waals surface area contributed by atoms with Gasteiger partial charge in [0.2, 0.25) is 5.95 Å². The van der Waals surface area contributed by atoms with E-state index in [-0.39, 0.29) is 24.1 Å². The van der Waals surface area contributed by atoms with Crippen molar-refractivity contribution in [2.75, 3.05) is 5.32 Å². The van der Waals surface area contributed by atoms with Gasteiger partial charge in [-0.3, -0.25) is 9.48 Å². The number of hydrogen-bond acceptors (Lipinski definition) is 6. The average molecular weight is 442 g/mol. The molecule has 2 aromatic heterocycles. The average Bonchev–Trinajstić information content (AvgIpc) is 3.22. The highest BCUT2D eigenvalue weighted by Crippen LogP contribution is 2.30. The van der Waals surface area contributed by atoms with E-state index >= 15 is 0 Å². The number of rotatable bonds is 7. The molecule has 0 saturated heterocycles. The third-order valence-corrected chi connectivity index (χ3v) is 4.89. The van der Waals surface area contributed by atoms with Crippen LogP contribution in [0.4, 0.5) is 24.8 Å². The van der Waals surface area contributed by atoms with Crippen molar-refractivity contribution < 1.29 is 18.0 Å². The van der Waals surface area contributed by atoms with Crippen LogP contribution in [0.25, 0.3) is 11.3 Å². The number of benzene rings is 1. The Bertz CT molecular complexity index is 1150. The van der Waals surface area contributed by atoms with Crippen LogP contribution < -0.4 is 5.32 Å². The molecule has 3 rings (SSSR count). The van der Waals surface area contributed by atoms with E-state index in [2.05, 4.69) is 20.4 Å². The lowest BCUT2D eigenvalue weighted by molar-refractivity contribution is -0.165. The van der Waals surface area contributed by atoms with Gasteiger partial charge in [-0.1, -0.05) is 24.3 Å². The van der Waals surface area contributed by atoms with Crippen LogP contribution in [-0.2, 0) is 0 Å². The first-order valence-corrected chi connectivity index (χ1v) is 9.83. The fourth-order valence-electron chi connectivity index (χ4n) is 2.94. The van der Waals surface area contributed by atoms with Gasteiger partial charge < -0.3 is 5.32 Å². The van der Waals surface area contributed by atoms with E-state index in [9.17, 15) is 18.0 Å². The number of ketones is 1. The molecule has 0 aliphatic rings. The van der Waals surface area contributed by atoms with E-state index in [4.69, 9.17) is 5.26 Å². The molecule has 0 unspecified atom stereocenters. The number of aryl methyl sites for hydroxylation is 1. The van der Waals surface area contributed by atoms with Crippen LogP contribution in [0.2, 0.25) is 0 Å². The van der Waals surface area contributed by atoms with Crippen molar-refractivity contribution >= 4 is 17.4 Å². The number of anilines is 2. The lowest BCUT2D eigenvalue weighted by Crippen LogP contribution is -2.23.